The molecular weight excluding hydrogens is 959 g/mol. The largest absolute Gasteiger partial charge is 0.501 e. The number of rotatable bonds is 7. The van der Waals surface area contributed by atoms with Gasteiger partial charge in [-0.2, -0.15) is 0 Å². The molecule has 0 bridgehead atoms. The number of para-hydroxylation sites is 3. The minimum atomic E-state index is -1.92. The molecule has 0 fully saturated rings. The Hall–Kier alpha value is -5.59. The van der Waals surface area contributed by atoms with Gasteiger partial charge in [-0.15, -0.1) is 18.2 Å². The summed E-state index contributed by atoms with van der Waals surface area (Å²) in [6.45, 7) is 4.59. The van der Waals surface area contributed by atoms with Gasteiger partial charge in [-0.1, -0.05) is 83.7 Å². The van der Waals surface area contributed by atoms with E-state index >= 15 is 0 Å². The van der Waals surface area contributed by atoms with E-state index in [-0.39, 0.29) is 20.1 Å². The molecule has 0 saturated heterocycles. The van der Waals surface area contributed by atoms with E-state index < -0.39 is 13.3 Å². The van der Waals surface area contributed by atoms with Crippen LogP contribution in [0.4, 0.5) is 0 Å². The van der Waals surface area contributed by atoms with Crippen LogP contribution >= 0.6 is 0 Å². The Morgan fingerprint density at radius 1 is 0.661 bits per heavy atom. The van der Waals surface area contributed by atoms with Crippen LogP contribution in [0, 0.1) is 18.1 Å². The fraction of sp³-hybridized carbons (Fsp3) is 0.132. The first kappa shape index (κ1) is 40.2. The van der Waals surface area contributed by atoms with Gasteiger partial charge in [0.05, 0.1) is 22.4 Å². The number of hydrogen-bond donors (Lipinski definition) is 0. The molecule has 0 amide bonds. The maximum Gasteiger partial charge on any atom is 0.120 e. The van der Waals surface area contributed by atoms with Crippen LogP contribution in [0.15, 0.2) is 168 Å². The van der Waals surface area contributed by atoms with Gasteiger partial charge in [0.15, 0.2) is 0 Å². The van der Waals surface area contributed by atoms with Crippen molar-refractivity contribution in [1.29, 1.82) is 0 Å². The number of pyridine rings is 1. The smallest absolute Gasteiger partial charge is 0.120 e. The van der Waals surface area contributed by atoms with E-state index in [1.165, 1.54) is 31.9 Å². The molecule has 3 aromatic heterocycles. The number of aromatic nitrogens is 3. The zero-order valence-corrected chi connectivity index (χ0v) is 38.4. The Morgan fingerprint density at radius 3 is 2.10 bits per heavy atom. The van der Waals surface area contributed by atoms with Crippen molar-refractivity contribution in [2.45, 2.75) is 37.5 Å². The molecule has 0 spiro atoms. The Morgan fingerprint density at radius 2 is 1.32 bits per heavy atom. The van der Waals surface area contributed by atoms with Crippen LogP contribution in [0.2, 0.25) is 17.3 Å². The molecule has 0 saturated carbocycles. The van der Waals surface area contributed by atoms with Gasteiger partial charge in [0, 0.05) is 31.2 Å². The summed E-state index contributed by atoms with van der Waals surface area (Å²) < 4.78 is 10.0. The Balaban J connectivity index is 0.000000172. The van der Waals surface area contributed by atoms with Crippen molar-refractivity contribution in [2.75, 3.05) is 0 Å². The van der Waals surface area contributed by atoms with Crippen LogP contribution in [-0.2, 0) is 26.5 Å². The second-order valence-corrected chi connectivity index (χ2v) is 27.0. The van der Waals surface area contributed by atoms with Crippen molar-refractivity contribution >= 4 is 61.4 Å². The van der Waals surface area contributed by atoms with Crippen molar-refractivity contribution in [3.8, 4) is 39.5 Å². The molecule has 0 aliphatic heterocycles. The zero-order chi connectivity index (χ0) is 39.8. The van der Waals surface area contributed by atoms with E-state index in [1.807, 2.05) is 54.6 Å². The number of hydrogen-bond acceptors (Lipinski definition) is 3. The van der Waals surface area contributed by atoms with Crippen LogP contribution < -0.4 is 4.40 Å². The van der Waals surface area contributed by atoms with Crippen molar-refractivity contribution in [1.82, 2.24) is 14.5 Å². The standard InChI is InChI=1S/C31H19N2O.C22H26GeN.Ir/c1-2-9-21(10-3-1)22-17-19-23(20-18-22)33-28-15-6-5-14-27(28)32-31(33)26-13-8-12-25-24-11-4-7-16-29(24)34-30(25)26;1-16(2)13-18-14-22(24-15-21(18)23(3,4)5)20-12-8-10-17-9-6-7-11-19(17)20;/h1-12,14-20H;6-11,14-16H,13H2,1-5H3;/q2*-1;. The van der Waals surface area contributed by atoms with E-state index in [0.717, 1.165) is 67.7 Å². The molecule has 293 valence electrons. The molecule has 7 aromatic carbocycles. The topological polar surface area (TPSA) is 43.9 Å². The number of furan rings is 1. The molecule has 0 aliphatic carbocycles. The Kier molecular flexibility index (Phi) is 11.5. The zero-order valence-electron chi connectivity index (χ0n) is 34.0. The van der Waals surface area contributed by atoms with Crippen molar-refractivity contribution < 1.29 is 24.5 Å². The molecule has 6 heteroatoms. The van der Waals surface area contributed by atoms with Crippen LogP contribution in [0.1, 0.15) is 19.4 Å². The van der Waals surface area contributed by atoms with Crippen LogP contribution in [0.25, 0.3) is 83.2 Å². The predicted octanol–water partition coefficient (Wildman–Crippen LogP) is 13.5. The average molecular weight is 1000 g/mol. The first-order chi connectivity index (χ1) is 28.2. The van der Waals surface area contributed by atoms with Gasteiger partial charge in [-0.25, -0.2) is 0 Å². The van der Waals surface area contributed by atoms with E-state index in [1.54, 1.807) is 0 Å². The molecule has 0 atom stereocenters. The van der Waals surface area contributed by atoms with Gasteiger partial charge in [0.2, 0.25) is 0 Å². The normalized spacial score (nSPS) is 11.6. The summed E-state index contributed by atoms with van der Waals surface area (Å²) in [6, 6.07) is 61.2. The first-order valence-corrected chi connectivity index (χ1v) is 27.4. The van der Waals surface area contributed by atoms with Crippen LogP contribution in [-0.4, -0.2) is 27.8 Å². The van der Waals surface area contributed by atoms with Gasteiger partial charge in [0.25, 0.3) is 0 Å². The van der Waals surface area contributed by atoms with Gasteiger partial charge in [-0.05, 0) is 41.5 Å². The average Bonchev–Trinajstić information content (AvgIpc) is 3.83. The second-order valence-electron chi connectivity index (χ2n) is 16.4. The summed E-state index contributed by atoms with van der Waals surface area (Å²) in [5.74, 6) is 8.82. The molecule has 10 aromatic rings. The number of imidazole rings is 1. The van der Waals surface area contributed by atoms with Crippen LogP contribution in [0.3, 0.4) is 0 Å². The van der Waals surface area contributed by atoms with E-state index in [4.69, 9.17) is 14.4 Å². The third kappa shape index (κ3) is 8.08. The molecule has 3 heterocycles. The molecular formula is C53H45GeIrN3O-2. The summed E-state index contributed by atoms with van der Waals surface area (Å²) in [4.78, 5) is 9.88. The SMILES string of the molecule is CC(C)Cc1cc(-c2[c-]ccc3ccccc23)nc[c]1[Ge]([CH3])([CH3])[CH3].[Ir].[c-]1ccc2c(oc3ccccc32)c1-c1nc2ccccc2n1-c1ccc(-c2ccccc2)cc1. The summed E-state index contributed by atoms with van der Waals surface area (Å²) in [5, 5.41) is 4.65. The maximum atomic E-state index is 6.32. The monoisotopic (exact) mass is 1010 g/mol. The quantitative estimate of drug-likeness (QED) is 0.118. The minimum Gasteiger partial charge on any atom is -0.501 e. The molecule has 0 unspecified atom stereocenters. The van der Waals surface area contributed by atoms with Crippen molar-refractivity contribution in [3.05, 3.63) is 182 Å². The molecule has 1 radical (unpaired) electrons. The summed E-state index contributed by atoms with van der Waals surface area (Å²) in [6.07, 6.45) is 3.28. The summed E-state index contributed by atoms with van der Waals surface area (Å²) in [5.41, 5.74) is 11.6. The number of benzene rings is 7. The summed E-state index contributed by atoms with van der Waals surface area (Å²) >= 11 is -1.92. The Labute approximate surface area is 362 Å². The van der Waals surface area contributed by atoms with E-state index in [0.29, 0.717) is 5.92 Å². The summed E-state index contributed by atoms with van der Waals surface area (Å²) in [7, 11) is 0. The van der Waals surface area contributed by atoms with Gasteiger partial charge < -0.3 is 8.98 Å². The third-order valence-electron chi connectivity index (χ3n) is 10.8. The van der Waals surface area contributed by atoms with Gasteiger partial charge >= 0.3 is 148 Å². The fourth-order valence-electron chi connectivity index (χ4n) is 8.04. The minimum absolute atomic E-state index is 0. The van der Waals surface area contributed by atoms with Gasteiger partial charge in [-0.3, -0.25) is 4.98 Å². The predicted molar refractivity (Wildman–Crippen MR) is 246 cm³/mol. The Bertz CT molecular complexity index is 3040. The fourth-order valence-corrected chi connectivity index (χ4v) is 11.4. The molecule has 0 N–H and O–H groups in total. The third-order valence-corrected chi connectivity index (χ3v) is 15.1. The van der Waals surface area contributed by atoms with Crippen molar-refractivity contribution in [3.63, 3.8) is 0 Å². The van der Waals surface area contributed by atoms with Crippen LogP contribution in [0.5, 0.6) is 0 Å². The van der Waals surface area contributed by atoms with E-state index in [2.05, 4.69) is 157 Å². The molecule has 59 heavy (non-hydrogen) atoms. The van der Waals surface area contributed by atoms with E-state index in [9.17, 15) is 0 Å². The van der Waals surface area contributed by atoms with Gasteiger partial charge in [0.1, 0.15) is 5.58 Å². The number of fused-ring (bicyclic) bond motifs is 5. The molecule has 0 aliphatic rings. The first-order valence-electron chi connectivity index (χ1n) is 20.1. The second kappa shape index (κ2) is 16.9. The number of nitrogens with zero attached hydrogens (tertiary/aromatic N) is 3. The maximum absolute atomic E-state index is 6.32. The molecule has 4 nitrogen and oxygen atoms in total. The molecule has 10 rings (SSSR count). The van der Waals surface area contributed by atoms with Crippen molar-refractivity contribution in [2.24, 2.45) is 5.92 Å².